The second-order valence-electron chi connectivity index (χ2n) is 11.8. The fourth-order valence-corrected chi connectivity index (χ4v) is 5.30. The Morgan fingerprint density at radius 3 is 1.17 bits per heavy atom. The van der Waals surface area contributed by atoms with Crippen LogP contribution in [0.2, 0.25) is 0 Å². The Balaban J connectivity index is 3.67. The van der Waals surface area contributed by atoms with Crippen LogP contribution in [0.5, 0.6) is 0 Å². The molecule has 0 aromatic heterocycles. The van der Waals surface area contributed by atoms with Crippen LogP contribution in [0.3, 0.4) is 0 Å². The van der Waals surface area contributed by atoms with Crippen LogP contribution in [0.4, 0.5) is 9.59 Å². The maximum absolute atomic E-state index is 12.3. The second kappa shape index (κ2) is 30.7. The smallest absolute Gasteiger partial charge is 0.408 e. The van der Waals surface area contributed by atoms with E-state index in [1.165, 1.54) is 128 Å². The quantitative estimate of drug-likeness (QED) is 0.0446. The van der Waals surface area contributed by atoms with Gasteiger partial charge in [0.15, 0.2) is 3.61 Å². The number of alkyl carbamates (subject to hydrolysis) is 2. The van der Waals surface area contributed by atoms with Gasteiger partial charge in [-0.3, -0.25) is 0 Å². The van der Waals surface area contributed by atoms with E-state index < -0.39 is 15.8 Å². The molecule has 0 aliphatic heterocycles. The van der Waals surface area contributed by atoms with E-state index in [9.17, 15) is 9.59 Å². The number of carbonyl (C=O) groups excluding carboxylic acids is 2. The molecule has 2 amide bonds. The first-order valence-corrected chi connectivity index (χ1v) is 18.6. The molecule has 0 spiro atoms. The average Bonchev–Trinajstić information content (AvgIpc) is 2.96. The van der Waals surface area contributed by atoms with Gasteiger partial charge in [0.1, 0.15) is 6.61 Å². The van der Waals surface area contributed by atoms with Crippen molar-refractivity contribution < 1.29 is 19.1 Å². The van der Waals surface area contributed by atoms with Gasteiger partial charge in [-0.1, -0.05) is 162 Å². The minimum atomic E-state index is -0.855. The third-order valence-electron chi connectivity index (χ3n) is 7.82. The van der Waals surface area contributed by atoms with Gasteiger partial charge in [0, 0.05) is 13.1 Å². The van der Waals surface area contributed by atoms with Crippen LogP contribution in [-0.2, 0) is 9.47 Å². The molecule has 0 aliphatic rings. The number of alkyl halides is 1. The maximum atomic E-state index is 12.3. The van der Waals surface area contributed by atoms with Crippen molar-refractivity contribution in [3.63, 3.8) is 0 Å². The van der Waals surface area contributed by atoms with Crippen molar-refractivity contribution in [3.8, 4) is 0 Å². The first kappa shape index (κ1) is 40.3. The summed E-state index contributed by atoms with van der Waals surface area (Å²) >= 11 is 2.08. The summed E-state index contributed by atoms with van der Waals surface area (Å²) in [5.41, 5.74) is 0. The predicted octanol–water partition coefficient (Wildman–Crippen LogP) is 11.4. The van der Waals surface area contributed by atoms with Crippen LogP contribution in [0, 0.1) is 0 Å². The van der Waals surface area contributed by atoms with Gasteiger partial charge in [-0.15, -0.1) is 0 Å². The van der Waals surface area contributed by atoms with E-state index >= 15 is 0 Å². The van der Waals surface area contributed by atoms with Gasteiger partial charge in [0.2, 0.25) is 0 Å². The molecule has 7 heteroatoms. The first-order valence-electron chi connectivity index (χ1n) is 17.5. The fraction of sp³-hybridized carbons (Fsp3) is 0.941. The highest BCUT2D eigenvalue weighted by atomic mass is 127. The summed E-state index contributed by atoms with van der Waals surface area (Å²) in [6.45, 7) is 7.74. The molecule has 0 saturated carbocycles. The van der Waals surface area contributed by atoms with E-state index in [0.29, 0.717) is 19.5 Å². The van der Waals surface area contributed by atoms with E-state index in [1.807, 2.05) is 6.92 Å². The summed E-state index contributed by atoms with van der Waals surface area (Å²) < 4.78 is 10.1. The zero-order chi connectivity index (χ0) is 30.3. The Hall–Kier alpha value is -0.730. The van der Waals surface area contributed by atoms with E-state index in [2.05, 4.69) is 47.1 Å². The molecule has 0 aromatic rings. The molecular weight excluding hydrogens is 627 g/mol. The van der Waals surface area contributed by atoms with E-state index in [4.69, 9.17) is 9.47 Å². The molecular formula is C34H67IN2O4. The molecule has 0 bridgehead atoms. The molecule has 1 atom stereocenters. The number of amides is 2. The normalized spacial score (nSPS) is 12.6. The number of carbonyl (C=O) groups is 2. The number of rotatable bonds is 30. The summed E-state index contributed by atoms with van der Waals surface area (Å²) in [6.07, 6.45) is 30.7. The summed E-state index contributed by atoms with van der Waals surface area (Å²) in [4.78, 5) is 24.4. The van der Waals surface area contributed by atoms with Crippen molar-refractivity contribution in [2.24, 2.45) is 0 Å². The number of unbranched alkanes of at least 4 members (excludes halogenated alkanes) is 22. The van der Waals surface area contributed by atoms with Gasteiger partial charge in [-0.25, -0.2) is 9.59 Å². The third kappa shape index (κ3) is 29.1. The summed E-state index contributed by atoms with van der Waals surface area (Å²) in [5, 5.41) is 5.68. The Morgan fingerprint density at radius 2 is 0.829 bits per heavy atom. The second-order valence-corrected chi connectivity index (χ2v) is 13.8. The topological polar surface area (TPSA) is 76.7 Å². The molecule has 0 heterocycles. The lowest BCUT2D eigenvalue weighted by Gasteiger charge is -2.26. The molecule has 2 N–H and O–H groups in total. The standard InChI is InChI=1S/C34H67IN2O4/c1-4-7-9-11-13-15-17-19-21-23-25-27-29-36-32(38)40-31-34(35,6-3)41-33(39)37-30-28-26-24-22-20-18-16-14-12-10-8-5-2/h4-31H2,1-3H3,(H,36,38)(H,37,39). The van der Waals surface area contributed by atoms with Crippen molar-refractivity contribution in [2.45, 2.75) is 185 Å². The molecule has 0 fully saturated rings. The zero-order valence-corrected chi connectivity index (χ0v) is 29.5. The molecule has 1 unspecified atom stereocenters. The number of hydrogen-bond acceptors (Lipinski definition) is 4. The van der Waals surface area contributed by atoms with Crippen LogP contribution in [-0.4, -0.2) is 35.5 Å². The fourth-order valence-electron chi connectivity index (χ4n) is 4.94. The third-order valence-corrected chi connectivity index (χ3v) is 9.12. The lowest BCUT2D eigenvalue weighted by molar-refractivity contribution is 0.0323. The average molecular weight is 695 g/mol. The van der Waals surface area contributed by atoms with Crippen LogP contribution in [0.15, 0.2) is 0 Å². The lowest BCUT2D eigenvalue weighted by Crippen LogP contribution is -2.39. The van der Waals surface area contributed by atoms with Gasteiger partial charge < -0.3 is 20.1 Å². The van der Waals surface area contributed by atoms with E-state index in [1.54, 1.807) is 0 Å². The monoisotopic (exact) mass is 694 g/mol. The van der Waals surface area contributed by atoms with Crippen molar-refractivity contribution >= 4 is 34.8 Å². The zero-order valence-electron chi connectivity index (χ0n) is 27.3. The van der Waals surface area contributed by atoms with Crippen molar-refractivity contribution in [1.82, 2.24) is 10.6 Å². The predicted molar refractivity (Wildman–Crippen MR) is 183 cm³/mol. The van der Waals surface area contributed by atoms with Gasteiger partial charge in [-0.2, -0.15) is 0 Å². The molecule has 0 radical (unpaired) electrons. The number of halogens is 1. The Kier molecular flexibility index (Phi) is 30.2. The molecule has 0 aromatic carbocycles. The highest BCUT2D eigenvalue weighted by Crippen LogP contribution is 2.25. The van der Waals surface area contributed by atoms with Gasteiger partial charge in [0.25, 0.3) is 0 Å². The summed E-state index contributed by atoms with van der Waals surface area (Å²) in [5.74, 6) is 0. The Bertz CT molecular complexity index is 593. The van der Waals surface area contributed by atoms with Crippen LogP contribution in [0.1, 0.15) is 181 Å². The Morgan fingerprint density at radius 1 is 0.512 bits per heavy atom. The molecule has 0 rings (SSSR count). The largest absolute Gasteiger partial charge is 0.444 e. The minimum absolute atomic E-state index is 0.0420. The van der Waals surface area contributed by atoms with Gasteiger partial charge >= 0.3 is 12.2 Å². The van der Waals surface area contributed by atoms with E-state index in [-0.39, 0.29) is 6.61 Å². The van der Waals surface area contributed by atoms with Crippen molar-refractivity contribution in [2.75, 3.05) is 19.7 Å². The molecule has 244 valence electrons. The van der Waals surface area contributed by atoms with Crippen molar-refractivity contribution in [3.05, 3.63) is 0 Å². The van der Waals surface area contributed by atoms with E-state index in [0.717, 1.165) is 25.7 Å². The molecule has 6 nitrogen and oxygen atoms in total. The van der Waals surface area contributed by atoms with Crippen LogP contribution in [0.25, 0.3) is 0 Å². The number of nitrogens with one attached hydrogen (secondary N) is 2. The lowest BCUT2D eigenvalue weighted by atomic mass is 10.1. The van der Waals surface area contributed by atoms with Gasteiger partial charge in [-0.05, 0) is 41.9 Å². The van der Waals surface area contributed by atoms with Gasteiger partial charge in [0.05, 0.1) is 0 Å². The van der Waals surface area contributed by atoms with Crippen molar-refractivity contribution in [1.29, 1.82) is 0 Å². The first-order chi connectivity index (χ1) is 20.0. The van der Waals surface area contributed by atoms with Crippen LogP contribution >= 0.6 is 22.6 Å². The van der Waals surface area contributed by atoms with Crippen LogP contribution < -0.4 is 10.6 Å². The highest BCUT2D eigenvalue weighted by molar-refractivity contribution is 14.1. The number of hydrogen-bond donors (Lipinski definition) is 2. The summed E-state index contributed by atoms with van der Waals surface area (Å²) in [7, 11) is 0. The molecule has 0 aliphatic carbocycles. The minimum Gasteiger partial charge on any atom is -0.444 e. The highest BCUT2D eigenvalue weighted by Gasteiger charge is 2.31. The number of ether oxygens (including phenoxy) is 2. The molecule has 0 saturated heterocycles. The summed E-state index contributed by atoms with van der Waals surface area (Å²) in [6, 6.07) is 0. The Labute approximate surface area is 268 Å². The SMILES string of the molecule is CCCCCCCCCCCCCCNC(=O)OCC(I)(CC)OC(=O)NCCCCCCCCCCCCCC. The maximum Gasteiger partial charge on any atom is 0.408 e. The molecule has 41 heavy (non-hydrogen) atoms.